The van der Waals surface area contributed by atoms with Crippen molar-refractivity contribution in [2.24, 2.45) is 17.8 Å². The lowest BCUT2D eigenvalue weighted by molar-refractivity contribution is 0.0743. The summed E-state index contributed by atoms with van der Waals surface area (Å²) in [5.74, 6) is 2.00. The van der Waals surface area contributed by atoms with Crippen molar-refractivity contribution in [3.05, 3.63) is 0 Å². The van der Waals surface area contributed by atoms with Gasteiger partial charge in [-0.1, -0.05) is 85.0 Å². The van der Waals surface area contributed by atoms with Crippen molar-refractivity contribution < 1.29 is 25.6 Å². The molecule has 0 aromatic heterocycles. The maximum Gasteiger partial charge on any atom is 0.103 e. The topological polar surface area (TPSA) is 63.0 Å². The van der Waals surface area contributed by atoms with Crippen molar-refractivity contribution >= 4 is 0 Å². The van der Waals surface area contributed by atoms with Crippen LogP contribution >= 0.6 is 0 Å². The van der Waals surface area contributed by atoms with Gasteiger partial charge in [-0.2, -0.15) is 0 Å². The van der Waals surface area contributed by atoms with E-state index in [-0.39, 0.29) is 18.8 Å². The normalized spacial score (nSPS) is 28.3. The predicted molar refractivity (Wildman–Crippen MR) is 114 cm³/mol. The molecule has 3 fully saturated rings. The zero-order valence-corrected chi connectivity index (χ0v) is 18.2. The fourth-order valence-corrected chi connectivity index (χ4v) is 4.52. The Morgan fingerprint density at radius 2 is 0.963 bits per heavy atom. The van der Waals surface area contributed by atoms with Crippen molar-refractivity contribution in [3.8, 4) is 0 Å². The Bertz CT molecular complexity index is 277. The summed E-state index contributed by atoms with van der Waals surface area (Å²) in [4.78, 5) is 0. The first-order valence-corrected chi connectivity index (χ1v) is 10.8. The molecular formula is C22H49F3O2. The van der Waals surface area contributed by atoms with Crippen LogP contribution in [0.15, 0.2) is 0 Å². The van der Waals surface area contributed by atoms with Crippen molar-refractivity contribution in [1.82, 2.24) is 0 Å². The van der Waals surface area contributed by atoms with Gasteiger partial charge in [0.15, 0.2) is 0 Å². The van der Waals surface area contributed by atoms with Gasteiger partial charge in [0.05, 0.1) is 7.18 Å². The van der Waals surface area contributed by atoms with Gasteiger partial charge in [-0.3, -0.25) is 4.39 Å². The molecule has 0 aromatic rings. The molecule has 5 heteroatoms. The molecule has 4 N–H and O–H groups in total. The molecule has 3 aliphatic carbocycles. The first-order valence-electron chi connectivity index (χ1n) is 10.8. The van der Waals surface area contributed by atoms with E-state index in [2.05, 4.69) is 6.92 Å². The average molecular weight is 403 g/mol. The second-order valence-electron chi connectivity index (χ2n) is 7.80. The summed E-state index contributed by atoms with van der Waals surface area (Å²) in [5.41, 5.74) is 0. The van der Waals surface area contributed by atoms with Crippen LogP contribution in [-0.2, 0) is 0 Å². The summed E-state index contributed by atoms with van der Waals surface area (Å²) < 4.78 is 35.9. The summed E-state index contributed by atoms with van der Waals surface area (Å²) in [6.45, 7) is 6.36. The number of alkyl halides is 3. The Morgan fingerprint density at radius 1 is 0.593 bits per heavy atom. The van der Waals surface area contributed by atoms with Gasteiger partial charge in [0, 0.05) is 7.85 Å². The Balaban J connectivity index is -0.000000178. The molecule has 3 saturated carbocycles. The molecule has 0 bridgehead atoms. The van der Waals surface area contributed by atoms with Crippen molar-refractivity contribution in [3.63, 3.8) is 0 Å². The summed E-state index contributed by atoms with van der Waals surface area (Å²) >= 11 is 0. The lowest BCUT2D eigenvalue weighted by Crippen LogP contribution is -2.30. The van der Waals surface area contributed by atoms with Gasteiger partial charge in [-0.15, -0.1) is 0 Å². The zero-order chi connectivity index (χ0) is 19.1. The van der Waals surface area contributed by atoms with Crippen LogP contribution in [0.4, 0.5) is 13.2 Å². The number of rotatable bonds is 1. The highest BCUT2D eigenvalue weighted by Gasteiger charge is 2.33. The molecule has 27 heavy (non-hydrogen) atoms. The Hall–Kier alpha value is -0.290. The van der Waals surface area contributed by atoms with Gasteiger partial charge in [0.2, 0.25) is 0 Å². The van der Waals surface area contributed by atoms with Crippen molar-refractivity contribution in [2.45, 2.75) is 117 Å². The van der Waals surface area contributed by atoms with E-state index >= 15 is 0 Å². The minimum Gasteiger partial charge on any atom is -0.412 e. The zero-order valence-electron chi connectivity index (χ0n) is 18.2. The first-order chi connectivity index (χ1) is 12.1. The average Bonchev–Trinajstić information content (AvgIpc) is 2.66. The van der Waals surface area contributed by atoms with Crippen molar-refractivity contribution in [2.75, 3.05) is 7.18 Å². The molecule has 170 valence electrons. The molecule has 0 spiro atoms. The highest BCUT2D eigenvalue weighted by atomic mass is 19.1. The molecule has 2 unspecified atom stereocenters. The van der Waals surface area contributed by atoms with Gasteiger partial charge in [-0.25, -0.2) is 8.78 Å². The minimum absolute atomic E-state index is 0. The van der Waals surface area contributed by atoms with Gasteiger partial charge < -0.3 is 11.0 Å². The van der Waals surface area contributed by atoms with Crippen LogP contribution in [0, 0.1) is 17.8 Å². The van der Waals surface area contributed by atoms with E-state index in [9.17, 15) is 13.2 Å². The summed E-state index contributed by atoms with van der Waals surface area (Å²) in [7, 11) is 0.500. The van der Waals surface area contributed by atoms with Crippen LogP contribution in [0.5, 0.6) is 0 Å². The molecule has 0 amide bonds. The lowest BCUT2D eigenvalue weighted by atomic mass is 9.72. The maximum atomic E-state index is 13.2. The van der Waals surface area contributed by atoms with Crippen LogP contribution in [0.1, 0.15) is 106 Å². The number of hydrogen-bond acceptors (Lipinski definition) is 0. The molecule has 0 saturated heterocycles. The molecule has 3 aliphatic rings. The van der Waals surface area contributed by atoms with Crippen LogP contribution in [0.25, 0.3) is 0 Å². The third kappa shape index (κ3) is 14.4. The van der Waals surface area contributed by atoms with E-state index < -0.39 is 12.3 Å². The Kier molecular flexibility index (Phi) is 23.8. The molecule has 3 rings (SSSR count). The SMILES string of the molecule is CC.CC1CCCCC1.CF.FC1CC(F)CC(C2CCCCC2)C1.O.O.[HH]. The second-order valence-corrected chi connectivity index (χ2v) is 7.80. The fourth-order valence-electron chi connectivity index (χ4n) is 4.52. The molecule has 0 aliphatic heterocycles. The van der Waals surface area contributed by atoms with Crippen LogP contribution < -0.4 is 0 Å². The highest BCUT2D eigenvalue weighted by Crippen LogP contribution is 2.39. The van der Waals surface area contributed by atoms with Gasteiger partial charge in [0.1, 0.15) is 12.3 Å². The highest BCUT2D eigenvalue weighted by molar-refractivity contribution is 4.84. The molecule has 0 radical (unpaired) electrons. The molecular weight excluding hydrogens is 353 g/mol. The van der Waals surface area contributed by atoms with E-state index in [1.807, 2.05) is 13.8 Å². The van der Waals surface area contributed by atoms with E-state index in [0.29, 0.717) is 31.9 Å². The van der Waals surface area contributed by atoms with Crippen LogP contribution in [0.2, 0.25) is 0 Å². The van der Waals surface area contributed by atoms with Gasteiger partial charge in [-0.05, 0) is 30.6 Å². The minimum atomic E-state index is -0.870. The molecule has 0 aromatic carbocycles. The fraction of sp³-hybridized carbons (Fsp3) is 1.00. The standard InChI is InChI=1S/C12H20F2.C7H14.C2H6.CH3F.2H2O.H2/c13-11-6-10(7-12(14)8-11)9-4-2-1-3-5-9;1-7-5-3-2-4-6-7;2*1-2;;;/h9-12H,1-8H2;7H,2-6H2,1H3;1-2H3;1H3;2*1H2;1H. The van der Waals surface area contributed by atoms with E-state index in [0.717, 1.165) is 5.92 Å². The first kappa shape index (κ1) is 31.4. The lowest BCUT2D eigenvalue weighted by Gasteiger charge is -2.35. The third-order valence-electron chi connectivity index (χ3n) is 5.84. The summed E-state index contributed by atoms with van der Waals surface area (Å²) in [5, 5.41) is 0. The smallest absolute Gasteiger partial charge is 0.103 e. The van der Waals surface area contributed by atoms with Gasteiger partial charge in [0.25, 0.3) is 0 Å². The summed E-state index contributed by atoms with van der Waals surface area (Å²) in [6, 6.07) is 0. The summed E-state index contributed by atoms with van der Waals surface area (Å²) in [6.07, 6.45) is 13.4. The van der Waals surface area contributed by atoms with Crippen LogP contribution in [0.3, 0.4) is 0 Å². The molecule has 2 atom stereocenters. The van der Waals surface area contributed by atoms with E-state index in [4.69, 9.17) is 0 Å². The molecule has 0 heterocycles. The maximum absolute atomic E-state index is 13.2. The monoisotopic (exact) mass is 402 g/mol. The largest absolute Gasteiger partial charge is 0.412 e. The van der Waals surface area contributed by atoms with E-state index in [1.54, 1.807) is 0 Å². The Labute approximate surface area is 167 Å². The molecule has 2 nitrogen and oxygen atoms in total. The predicted octanol–water partition coefficient (Wildman–Crippen LogP) is 6.84. The number of halogens is 3. The quantitative estimate of drug-likeness (QED) is 0.461. The van der Waals surface area contributed by atoms with Gasteiger partial charge >= 0.3 is 0 Å². The van der Waals surface area contributed by atoms with Crippen molar-refractivity contribution in [1.29, 1.82) is 0 Å². The van der Waals surface area contributed by atoms with E-state index in [1.165, 1.54) is 64.2 Å². The van der Waals surface area contributed by atoms with Crippen LogP contribution in [-0.4, -0.2) is 30.5 Å². The number of hydrogen-bond donors (Lipinski definition) is 0. The second kappa shape index (κ2) is 20.4. The third-order valence-corrected chi connectivity index (χ3v) is 5.84. The Morgan fingerprint density at radius 3 is 1.30 bits per heavy atom.